The minimum Gasteiger partial charge on any atom is -0.493 e. The fourth-order valence-corrected chi connectivity index (χ4v) is 1.91. The molecule has 0 amide bonds. The molecule has 108 valence electrons. The Labute approximate surface area is 124 Å². The van der Waals surface area contributed by atoms with Gasteiger partial charge in [-0.05, 0) is 37.3 Å². The largest absolute Gasteiger partial charge is 0.493 e. The number of aryl methyl sites for hydroxylation is 1. The van der Waals surface area contributed by atoms with Crippen LogP contribution in [0.25, 0.3) is 12.2 Å². The normalized spacial score (nSPS) is 10.6. The van der Waals surface area contributed by atoms with Crippen molar-refractivity contribution in [1.29, 1.82) is 0 Å². The van der Waals surface area contributed by atoms with Gasteiger partial charge in [-0.25, -0.2) is 0 Å². The van der Waals surface area contributed by atoms with Gasteiger partial charge in [0, 0.05) is 18.2 Å². The van der Waals surface area contributed by atoms with Gasteiger partial charge < -0.3 is 9.47 Å². The summed E-state index contributed by atoms with van der Waals surface area (Å²) in [7, 11) is 1.54. The van der Waals surface area contributed by atoms with Gasteiger partial charge in [0.25, 0.3) is 0 Å². The standard InChI is InChI=1S/C17H17NO3/c1-12-6-4-8-15(18-12)11-10-14-7-5-9-16(20-3)17(14)21-13(2)19/h4-11H,1-3H3. The van der Waals surface area contributed by atoms with E-state index in [-0.39, 0.29) is 5.97 Å². The Hall–Kier alpha value is -2.62. The van der Waals surface area contributed by atoms with E-state index in [1.54, 1.807) is 6.07 Å². The maximum absolute atomic E-state index is 11.2. The van der Waals surface area contributed by atoms with Crippen LogP contribution < -0.4 is 9.47 Å². The monoisotopic (exact) mass is 283 g/mol. The fraction of sp³-hybridized carbons (Fsp3) is 0.176. The third kappa shape index (κ3) is 3.92. The lowest BCUT2D eigenvalue weighted by molar-refractivity contribution is -0.132. The van der Waals surface area contributed by atoms with Crippen molar-refractivity contribution >= 4 is 18.1 Å². The second kappa shape index (κ2) is 6.70. The molecule has 0 unspecified atom stereocenters. The van der Waals surface area contributed by atoms with E-state index in [9.17, 15) is 4.79 Å². The summed E-state index contributed by atoms with van der Waals surface area (Å²) in [6, 6.07) is 11.2. The molecule has 0 fully saturated rings. The maximum atomic E-state index is 11.2. The van der Waals surface area contributed by atoms with E-state index in [2.05, 4.69) is 4.98 Å². The Morgan fingerprint density at radius 2 is 1.90 bits per heavy atom. The molecular weight excluding hydrogens is 266 g/mol. The quantitative estimate of drug-likeness (QED) is 0.636. The molecule has 0 aliphatic heterocycles. The Kier molecular flexibility index (Phi) is 4.72. The average molecular weight is 283 g/mol. The number of carbonyl (C=O) groups excluding carboxylic acids is 1. The lowest BCUT2D eigenvalue weighted by atomic mass is 10.1. The molecule has 0 saturated carbocycles. The summed E-state index contributed by atoms with van der Waals surface area (Å²) in [5, 5.41) is 0. The van der Waals surface area contributed by atoms with Crippen LogP contribution in [0.1, 0.15) is 23.9 Å². The van der Waals surface area contributed by atoms with Gasteiger partial charge in [-0.15, -0.1) is 0 Å². The number of ether oxygens (including phenoxy) is 2. The number of nitrogens with zero attached hydrogens (tertiary/aromatic N) is 1. The zero-order chi connectivity index (χ0) is 15.2. The zero-order valence-electron chi connectivity index (χ0n) is 12.3. The van der Waals surface area contributed by atoms with Crippen LogP contribution in [0.2, 0.25) is 0 Å². The highest BCUT2D eigenvalue weighted by Gasteiger charge is 2.10. The molecule has 2 rings (SSSR count). The molecule has 4 nitrogen and oxygen atoms in total. The van der Waals surface area contributed by atoms with Gasteiger partial charge in [0.1, 0.15) is 0 Å². The molecule has 0 saturated heterocycles. The Morgan fingerprint density at radius 1 is 1.14 bits per heavy atom. The summed E-state index contributed by atoms with van der Waals surface area (Å²) >= 11 is 0. The van der Waals surface area contributed by atoms with E-state index in [0.717, 1.165) is 17.0 Å². The van der Waals surface area contributed by atoms with E-state index < -0.39 is 0 Å². The number of pyridine rings is 1. The molecule has 0 radical (unpaired) electrons. The van der Waals surface area contributed by atoms with Crippen molar-refractivity contribution in [3.8, 4) is 11.5 Å². The molecule has 1 aromatic heterocycles. The zero-order valence-corrected chi connectivity index (χ0v) is 12.3. The van der Waals surface area contributed by atoms with Gasteiger partial charge in [-0.2, -0.15) is 0 Å². The molecule has 0 N–H and O–H groups in total. The van der Waals surface area contributed by atoms with Gasteiger partial charge >= 0.3 is 5.97 Å². The number of hydrogen-bond donors (Lipinski definition) is 0. The molecule has 0 bridgehead atoms. The molecule has 1 heterocycles. The van der Waals surface area contributed by atoms with Crippen LogP contribution in [0.3, 0.4) is 0 Å². The summed E-state index contributed by atoms with van der Waals surface area (Å²) in [4.78, 5) is 15.6. The maximum Gasteiger partial charge on any atom is 0.308 e. The van der Waals surface area contributed by atoms with E-state index in [1.165, 1.54) is 14.0 Å². The van der Waals surface area contributed by atoms with Gasteiger partial charge in [-0.1, -0.05) is 18.2 Å². The van der Waals surface area contributed by atoms with E-state index in [1.807, 2.05) is 49.4 Å². The Bertz CT molecular complexity index is 677. The third-order valence-electron chi connectivity index (χ3n) is 2.82. The highest BCUT2D eigenvalue weighted by atomic mass is 16.6. The van der Waals surface area contributed by atoms with Crippen molar-refractivity contribution in [2.75, 3.05) is 7.11 Å². The minimum atomic E-state index is -0.386. The van der Waals surface area contributed by atoms with Crippen LogP contribution in [-0.4, -0.2) is 18.1 Å². The summed E-state index contributed by atoms with van der Waals surface area (Å²) in [6.45, 7) is 3.30. The molecule has 0 atom stereocenters. The van der Waals surface area contributed by atoms with Crippen molar-refractivity contribution in [3.05, 3.63) is 53.3 Å². The average Bonchev–Trinajstić information content (AvgIpc) is 2.45. The van der Waals surface area contributed by atoms with Gasteiger partial charge in [0.05, 0.1) is 12.8 Å². The number of benzene rings is 1. The number of para-hydroxylation sites is 1. The highest BCUT2D eigenvalue weighted by Crippen LogP contribution is 2.32. The number of carbonyl (C=O) groups is 1. The number of methoxy groups -OCH3 is 1. The number of rotatable bonds is 4. The molecule has 0 aliphatic rings. The molecule has 21 heavy (non-hydrogen) atoms. The molecule has 1 aromatic carbocycles. The Morgan fingerprint density at radius 3 is 2.57 bits per heavy atom. The van der Waals surface area contributed by atoms with Gasteiger partial charge in [0.15, 0.2) is 11.5 Å². The number of hydrogen-bond acceptors (Lipinski definition) is 4. The van der Waals surface area contributed by atoms with Crippen LogP contribution in [0, 0.1) is 6.92 Å². The van der Waals surface area contributed by atoms with Crippen LogP contribution >= 0.6 is 0 Å². The SMILES string of the molecule is COc1cccc(C=Cc2cccc(C)n2)c1OC(C)=O. The smallest absolute Gasteiger partial charge is 0.308 e. The highest BCUT2D eigenvalue weighted by molar-refractivity contribution is 5.77. The molecule has 4 heteroatoms. The predicted octanol–water partition coefficient (Wildman–Crippen LogP) is 3.49. The summed E-state index contributed by atoms with van der Waals surface area (Å²) < 4.78 is 10.5. The van der Waals surface area contributed by atoms with E-state index >= 15 is 0 Å². The van der Waals surface area contributed by atoms with Crippen LogP contribution in [0.15, 0.2) is 36.4 Å². The lowest BCUT2D eigenvalue weighted by Gasteiger charge is -2.10. The first-order chi connectivity index (χ1) is 10.1. The topological polar surface area (TPSA) is 48.4 Å². The first kappa shape index (κ1) is 14.8. The first-order valence-corrected chi connectivity index (χ1v) is 6.57. The molecule has 0 spiro atoms. The van der Waals surface area contributed by atoms with Crippen molar-refractivity contribution in [3.63, 3.8) is 0 Å². The van der Waals surface area contributed by atoms with Crippen LogP contribution in [0.5, 0.6) is 11.5 Å². The summed E-state index contributed by atoms with van der Waals surface area (Å²) in [5.74, 6) is 0.545. The summed E-state index contributed by atoms with van der Waals surface area (Å²) in [6.07, 6.45) is 3.72. The van der Waals surface area contributed by atoms with Gasteiger partial charge in [-0.3, -0.25) is 9.78 Å². The predicted molar refractivity (Wildman–Crippen MR) is 82.2 cm³/mol. The van der Waals surface area contributed by atoms with Crippen molar-refractivity contribution in [2.24, 2.45) is 0 Å². The van der Waals surface area contributed by atoms with Crippen molar-refractivity contribution in [2.45, 2.75) is 13.8 Å². The lowest BCUT2D eigenvalue weighted by Crippen LogP contribution is -2.04. The van der Waals surface area contributed by atoms with Crippen molar-refractivity contribution < 1.29 is 14.3 Å². The fourth-order valence-electron chi connectivity index (χ4n) is 1.91. The van der Waals surface area contributed by atoms with Crippen LogP contribution in [0.4, 0.5) is 0 Å². The van der Waals surface area contributed by atoms with E-state index in [4.69, 9.17) is 9.47 Å². The Balaban J connectivity index is 2.36. The second-order valence-corrected chi connectivity index (χ2v) is 4.51. The molecule has 2 aromatic rings. The van der Waals surface area contributed by atoms with Gasteiger partial charge in [0.2, 0.25) is 0 Å². The third-order valence-corrected chi connectivity index (χ3v) is 2.82. The first-order valence-electron chi connectivity index (χ1n) is 6.57. The molecular formula is C17H17NO3. The number of aromatic nitrogens is 1. The second-order valence-electron chi connectivity index (χ2n) is 4.51. The minimum absolute atomic E-state index is 0.386. The van der Waals surface area contributed by atoms with Crippen LogP contribution in [-0.2, 0) is 4.79 Å². The summed E-state index contributed by atoms with van der Waals surface area (Å²) in [5.41, 5.74) is 2.54. The van der Waals surface area contributed by atoms with E-state index in [0.29, 0.717) is 11.5 Å². The molecule has 0 aliphatic carbocycles. The van der Waals surface area contributed by atoms with Crippen molar-refractivity contribution in [1.82, 2.24) is 4.98 Å². The number of esters is 1.